The van der Waals surface area contributed by atoms with E-state index >= 15 is 0 Å². The number of amidine groups is 1. The Bertz CT molecular complexity index is 712. The summed E-state index contributed by atoms with van der Waals surface area (Å²) in [5.74, 6) is -0.125. The van der Waals surface area contributed by atoms with Crippen molar-refractivity contribution in [2.24, 2.45) is 10.7 Å². The van der Waals surface area contributed by atoms with Crippen LogP contribution in [-0.4, -0.2) is 29.9 Å². The fourth-order valence-corrected chi connectivity index (χ4v) is 2.01. The molecule has 2 aromatic rings. The minimum atomic E-state index is -1.07. The van der Waals surface area contributed by atoms with Gasteiger partial charge in [0.25, 0.3) is 0 Å². The Morgan fingerprint density at radius 3 is 2.41 bits per heavy atom. The van der Waals surface area contributed by atoms with Crippen LogP contribution in [0.1, 0.15) is 10.4 Å². The molecule has 0 spiro atoms. The van der Waals surface area contributed by atoms with Crippen LogP contribution < -0.4 is 10.5 Å². The molecule has 0 saturated heterocycles. The number of nitrogens with zero attached hydrogens (tertiary/aromatic N) is 1. The van der Waals surface area contributed by atoms with E-state index in [1.807, 2.05) is 24.3 Å². The van der Waals surface area contributed by atoms with Crippen molar-refractivity contribution in [3.8, 4) is 16.9 Å². The van der Waals surface area contributed by atoms with E-state index in [2.05, 4.69) is 4.99 Å². The van der Waals surface area contributed by atoms with Gasteiger partial charge < -0.3 is 15.6 Å². The SMILES string of the molecule is COc1ccc(-c2ccc(C(=O)O)c(N=C(N)CCl)c2)cc1. The largest absolute Gasteiger partial charge is 0.497 e. The lowest BCUT2D eigenvalue weighted by Gasteiger charge is -2.08. The highest BCUT2D eigenvalue weighted by molar-refractivity contribution is 6.28. The molecule has 2 rings (SSSR count). The van der Waals surface area contributed by atoms with E-state index in [0.29, 0.717) is 0 Å². The molecule has 0 aliphatic carbocycles. The topological polar surface area (TPSA) is 84.9 Å². The fraction of sp³-hybridized carbons (Fsp3) is 0.125. The summed E-state index contributed by atoms with van der Waals surface area (Å²) in [6.07, 6.45) is 0. The van der Waals surface area contributed by atoms with E-state index in [1.165, 1.54) is 6.07 Å². The molecule has 6 heteroatoms. The third-order valence-electron chi connectivity index (χ3n) is 3.05. The summed E-state index contributed by atoms with van der Waals surface area (Å²) in [6.45, 7) is 0. The van der Waals surface area contributed by atoms with Crippen molar-refractivity contribution in [2.75, 3.05) is 13.0 Å². The Morgan fingerprint density at radius 2 is 1.86 bits per heavy atom. The zero-order chi connectivity index (χ0) is 16.1. The summed E-state index contributed by atoms with van der Waals surface area (Å²) < 4.78 is 5.12. The average Bonchev–Trinajstić information content (AvgIpc) is 2.54. The fourth-order valence-electron chi connectivity index (χ4n) is 1.95. The molecule has 0 atom stereocenters. The van der Waals surface area contributed by atoms with Crippen molar-refractivity contribution in [3.63, 3.8) is 0 Å². The van der Waals surface area contributed by atoms with Gasteiger partial charge in [0, 0.05) is 0 Å². The number of hydrogen-bond acceptors (Lipinski definition) is 3. The van der Waals surface area contributed by atoms with Gasteiger partial charge in [0.05, 0.1) is 24.2 Å². The summed E-state index contributed by atoms with van der Waals surface area (Å²) in [4.78, 5) is 15.3. The molecule has 0 heterocycles. The van der Waals surface area contributed by atoms with Crippen molar-refractivity contribution in [3.05, 3.63) is 48.0 Å². The molecule has 22 heavy (non-hydrogen) atoms. The van der Waals surface area contributed by atoms with Crippen LogP contribution in [0.5, 0.6) is 5.75 Å². The molecule has 0 saturated carbocycles. The van der Waals surface area contributed by atoms with E-state index in [1.54, 1.807) is 19.2 Å². The molecule has 0 unspecified atom stereocenters. The number of aliphatic imine (C=N–C) groups is 1. The van der Waals surface area contributed by atoms with Crippen molar-refractivity contribution in [2.45, 2.75) is 0 Å². The van der Waals surface area contributed by atoms with Crippen molar-refractivity contribution >= 4 is 29.1 Å². The number of methoxy groups -OCH3 is 1. The number of benzene rings is 2. The Morgan fingerprint density at radius 1 is 1.23 bits per heavy atom. The van der Waals surface area contributed by atoms with Crippen LogP contribution in [0.4, 0.5) is 5.69 Å². The minimum Gasteiger partial charge on any atom is -0.497 e. The Balaban J connectivity index is 2.49. The Hall–Kier alpha value is -2.53. The van der Waals surface area contributed by atoms with Crippen LogP contribution in [-0.2, 0) is 0 Å². The number of carboxylic acid groups (broad SMARTS) is 1. The molecule has 0 fully saturated rings. The smallest absolute Gasteiger partial charge is 0.337 e. The first kappa shape index (κ1) is 15.9. The van der Waals surface area contributed by atoms with E-state index in [-0.39, 0.29) is 23.0 Å². The molecular formula is C16H15ClN2O3. The quantitative estimate of drug-likeness (QED) is 0.503. The van der Waals surface area contributed by atoms with Crippen molar-refractivity contribution in [1.29, 1.82) is 0 Å². The lowest BCUT2D eigenvalue weighted by atomic mass is 10.0. The lowest BCUT2D eigenvalue weighted by Crippen LogP contribution is -2.12. The number of halogens is 1. The maximum atomic E-state index is 11.3. The summed E-state index contributed by atoms with van der Waals surface area (Å²) in [5, 5.41) is 9.22. The number of rotatable bonds is 5. The summed E-state index contributed by atoms with van der Waals surface area (Å²) in [6, 6.07) is 12.3. The number of hydrogen-bond donors (Lipinski definition) is 2. The van der Waals surface area contributed by atoms with Gasteiger partial charge in [-0.1, -0.05) is 18.2 Å². The lowest BCUT2D eigenvalue weighted by molar-refractivity contribution is 0.0698. The van der Waals surface area contributed by atoms with E-state index in [4.69, 9.17) is 22.1 Å². The highest BCUT2D eigenvalue weighted by Gasteiger charge is 2.11. The third-order valence-corrected chi connectivity index (χ3v) is 3.33. The van der Waals surface area contributed by atoms with Crippen LogP contribution in [0.3, 0.4) is 0 Å². The van der Waals surface area contributed by atoms with E-state index < -0.39 is 5.97 Å². The molecule has 0 aliphatic heterocycles. The first-order valence-electron chi connectivity index (χ1n) is 6.46. The maximum Gasteiger partial charge on any atom is 0.337 e. The molecule has 114 valence electrons. The van der Waals surface area contributed by atoms with Gasteiger partial charge in [-0.05, 0) is 35.4 Å². The van der Waals surface area contributed by atoms with Gasteiger partial charge in [-0.25, -0.2) is 9.79 Å². The van der Waals surface area contributed by atoms with Gasteiger partial charge in [0.1, 0.15) is 11.6 Å². The van der Waals surface area contributed by atoms with Crippen LogP contribution in [0.25, 0.3) is 11.1 Å². The first-order valence-corrected chi connectivity index (χ1v) is 6.99. The van der Waals surface area contributed by atoms with Crippen LogP contribution in [0.15, 0.2) is 47.5 Å². The molecular weight excluding hydrogens is 304 g/mol. The van der Waals surface area contributed by atoms with Crippen LogP contribution in [0, 0.1) is 0 Å². The molecule has 0 bridgehead atoms. The minimum absolute atomic E-state index is 0.0336. The Kier molecular flexibility index (Phi) is 5.01. The van der Waals surface area contributed by atoms with Gasteiger partial charge in [0.2, 0.25) is 0 Å². The van der Waals surface area contributed by atoms with Crippen LogP contribution >= 0.6 is 11.6 Å². The van der Waals surface area contributed by atoms with Crippen LogP contribution in [0.2, 0.25) is 0 Å². The second-order valence-electron chi connectivity index (χ2n) is 4.50. The van der Waals surface area contributed by atoms with E-state index in [9.17, 15) is 9.90 Å². The second kappa shape index (κ2) is 6.95. The Labute approximate surface area is 133 Å². The molecule has 0 aliphatic rings. The molecule has 5 nitrogen and oxygen atoms in total. The normalized spacial score (nSPS) is 11.3. The van der Waals surface area contributed by atoms with Crippen molar-refractivity contribution in [1.82, 2.24) is 0 Å². The number of nitrogens with two attached hydrogens (primary N) is 1. The molecule has 2 aromatic carbocycles. The molecule has 3 N–H and O–H groups in total. The zero-order valence-corrected chi connectivity index (χ0v) is 12.7. The number of alkyl halides is 1. The summed E-state index contributed by atoms with van der Waals surface area (Å²) in [5.41, 5.74) is 7.70. The predicted octanol–water partition coefficient (Wildman–Crippen LogP) is 3.29. The van der Waals surface area contributed by atoms with Gasteiger partial charge in [0.15, 0.2) is 0 Å². The predicted molar refractivity (Wildman–Crippen MR) is 87.4 cm³/mol. The monoisotopic (exact) mass is 318 g/mol. The van der Waals surface area contributed by atoms with Gasteiger partial charge in [-0.2, -0.15) is 0 Å². The van der Waals surface area contributed by atoms with Crippen molar-refractivity contribution < 1.29 is 14.6 Å². The standard InChI is InChI=1S/C16H15ClN2O3/c1-22-12-5-2-10(3-6-12)11-4-7-13(16(20)21)14(8-11)19-15(18)9-17/h2-8H,9H2,1H3,(H2,18,19)(H,20,21). The highest BCUT2D eigenvalue weighted by atomic mass is 35.5. The number of ether oxygens (including phenoxy) is 1. The maximum absolute atomic E-state index is 11.3. The second-order valence-corrected chi connectivity index (χ2v) is 4.77. The zero-order valence-electron chi connectivity index (χ0n) is 11.9. The van der Waals surface area contributed by atoms with Gasteiger partial charge in [-0.3, -0.25) is 0 Å². The number of aromatic carboxylic acids is 1. The number of carbonyl (C=O) groups is 1. The first-order chi connectivity index (χ1) is 10.5. The number of carboxylic acids is 1. The molecule has 0 aromatic heterocycles. The average molecular weight is 319 g/mol. The van der Waals surface area contributed by atoms with Gasteiger partial charge >= 0.3 is 5.97 Å². The van der Waals surface area contributed by atoms with Gasteiger partial charge in [-0.15, -0.1) is 11.6 Å². The highest BCUT2D eigenvalue weighted by Crippen LogP contribution is 2.29. The molecule has 0 radical (unpaired) electrons. The summed E-state index contributed by atoms with van der Waals surface area (Å²) in [7, 11) is 1.60. The third kappa shape index (κ3) is 3.56. The van der Waals surface area contributed by atoms with E-state index in [0.717, 1.165) is 16.9 Å². The molecule has 0 amide bonds. The summed E-state index contributed by atoms with van der Waals surface area (Å²) >= 11 is 5.61.